The molecule has 0 aliphatic carbocycles. The van der Waals surface area contributed by atoms with Crippen molar-refractivity contribution in [2.45, 2.75) is 11.8 Å². The van der Waals surface area contributed by atoms with Gasteiger partial charge in [-0.05, 0) is 37.3 Å². The lowest BCUT2D eigenvalue weighted by atomic mass is 10.1. The fourth-order valence-corrected chi connectivity index (χ4v) is 4.09. The van der Waals surface area contributed by atoms with E-state index >= 15 is 0 Å². The maximum atomic E-state index is 12.7. The number of para-hydroxylation sites is 2. The van der Waals surface area contributed by atoms with E-state index in [9.17, 15) is 9.59 Å². The van der Waals surface area contributed by atoms with Gasteiger partial charge in [-0.3, -0.25) is 9.59 Å². The Morgan fingerprint density at radius 2 is 1.71 bits per heavy atom. The highest BCUT2D eigenvalue weighted by Crippen LogP contribution is 2.28. The number of nitrogens with two attached hydrogens (primary N) is 1. The number of carbonyl (C=O) groups is 2. The van der Waals surface area contributed by atoms with Gasteiger partial charge < -0.3 is 11.1 Å². The van der Waals surface area contributed by atoms with Crippen molar-refractivity contribution < 1.29 is 9.59 Å². The average Bonchev–Trinajstić information content (AvgIpc) is 3.27. The number of carbonyl (C=O) groups excluding carboxylic acids is 2. The van der Waals surface area contributed by atoms with Gasteiger partial charge in [0.25, 0.3) is 0 Å². The molecule has 2 amide bonds. The van der Waals surface area contributed by atoms with Crippen LogP contribution in [0.1, 0.15) is 11.1 Å². The molecule has 0 fully saturated rings. The monoisotopic (exact) mass is 468 g/mol. The van der Waals surface area contributed by atoms with Gasteiger partial charge in [0.15, 0.2) is 0 Å². The van der Waals surface area contributed by atoms with Gasteiger partial charge in [-0.15, -0.1) is 11.8 Å². The lowest BCUT2D eigenvalue weighted by molar-refractivity contribution is -0.115. The second-order valence-corrected chi connectivity index (χ2v) is 8.67. The third-order valence-electron chi connectivity index (χ3n) is 5.02. The van der Waals surface area contributed by atoms with E-state index in [0.29, 0.717) is 5.69 Å². The highest BCUT2D eigenvalue weighted by atomic mass is 32.2. The Balaban J connectivity index is 1.60. The standard InChI is InChI=1S/C27H24N4O2S/c1-19-11-13-20(14-12-19)27-21(17-31(30-27)22-7-3-2-4-8-22)15-16-26(33)29-23-9-5-6-10-24(23)34-18-25(28)32/h2-17H,18H2,1H3,(H2,28,32)(H,29,33)/b16-15+. The molecule has 7 heteroatoms. The number of amides is 2. The zero-order valence-corrected chi connectivity index (χ0v) is 19.5. The molecular formula is C27H24N4O2S. The summed E-state index contributed by atoms with van der Waals surface area (Å²) in [6, 6.07) is 25.3. The minimum absolute atomic E-state index is 0.140. The number of aromatic nitrogens is 2. The molecule has 0 unspecified atom stereocenters. The molecule has 4 rings (SSSR count). The van der Waals surface area contributed by atoms with Gasteiger partial charge in [0.05, 0.1) is 22.8 Å². The van der Waals surface area contributed by atoms with Crippen molar-refractivity contribution in [2.24, 2.45) is 5.73 Å². The van der Waals surface area contributed by atoms with E-state index in [4.69, 9.17) is 10.8 Å². The molecule has 0 saturated heterocycles. The molecule has 3 N–H and O–H groups in total. The van der Waals surface area contributed by atoms with Gasteiger partial charge in [0, 0.05) is 28.3 Å². The first kappa shape index (κ1) is 23.1. The first-order valence-electron chi connectivity index (χ1n) is 10.7. The van der Waals surface area contributed by atoms with Crippen molar-refractivity contribution >= 4 is 35.3 Å². The largest absolute Gasteiger partial charge is 0.369 e. The van der Waals surface area contributed by atoms with Crippen LogP contribution in [0.15, 0.2) is 96.0 Å². The van der Waals surface area contributed by atoms with Crippen LogP contribution in [0.5, 0.6) is 0 Å². The maximum Gasteiger partial charge on any atom is 0.248 e. The molecule has 1 aromatic heterocycles. The van der Waals surface area contributed by atoms with Crippen LogP contribution >= 0.6 is 11.8 Å². The van der Waals surface area contributed by atoms with E-state index in [2.05, 4.69) is 5.32 Å². The lowest BCUT2D eigenvalue weighted by Crippen LogP contribution is -2.13. The molecule has 1 heterocycles. The number of thioether (sulfide) groups is 1. The molecule has 0 atom stereocenters. The Labute approximate surface area is 202 Å². The van der Waals surface area contributed by atoms with E-state index < -0.39 is 5.91 Å². The number of nitrogens with zero attached hydrogens (tertiary/aromatic N) is 2. The zero-order valence-electron chi connectivity index (χ0n) is 18.6. The minimum Gasteiger partial charge on any atom is -0.369 e. The molecule has 0 radical (unpaired) electrons. The number of primary amides is 1. The number of anilines is 1. The third kappa shape index (κ3) is 5.82. The van der Waals surface area contributed by atoms with Crippen molar-refractivity contribution in [3.8, 4) is 16.9 Å². The Bertz CT molecular complexity index is 1330. The van der Waals surface area contributed by atoms with E-state index in [-0.39, 0.29) is 11.7 Å². The Hall–Kier alpha value is -4.10. The topological polar surface area (TPSA) is 90.0 Å². The van der Waals surface area contributed by atoms with Gasteiger partial charge in [0.1, 0.15) is 0 Å². The van der Waals surface area contributed by atoms with Crippen molar-refractivity contribution in [1.29, 1.82) is 0 Å². The first-order chi connectivity index (χ1) is 16.5. The number of aryl methyl sites for hydroxylation is 1. The van der Waals surface area contributed by atoms with Crippen molar-refractivity contribution in [3.63, 3.8) is 0 Å². The van der Waals surface area contributed by atoms with Crippen molar-refractivity contribution in [1.82, 2.24) is 9.78 Å². The highest BCUT2D eigenvalue weighted by molar-refractivity contribution is 8.00. The molecule has 6 nitrogen and oxygen atoms in total. The summed E-state index contributed by atoms with van der Waals surface area (Å²) >= 11 is 1.29. The molecule has 4 aromatic rings. The first-order valence-corrected chi connectivity index (χ1v) is 11.7. The van der Waals surface area contributed by atoms with Crippen LogP contribution < -0.4 is 11.1 Å². The summed E-state index contributed by atoms with van der Waals surface area (Å²) in [5.41, 5.74) is 10.5. The molecule has 0 saturated carbocycles. The number of benzene rings is 3. The number of rotatable bonds is 8. The molecule has 3 aromatic carbocycles. The summed E-state index contributed by atoms with van der Waals surface area (Å²) in [6.07, 6.45) is 5.15. The van der Waals surface area contributed by atoms with E-state index in [1.807, 2.05) is 90.6 Å². The van der Waals surface area contributed by atoms with Crippen molar-refractivity contribution in [3.05, 3.63) is 102 Å². The molecular weight excluding hydrogens is 444 g/mol. The number of hydrogen-bond acceptors (Lipinski definition) is 4. The molecule has 0 aliphatic rings. The minimum atomic E-state index is -0.412. The smallest absolute Gasteiger partial charge is 0.248 e. The van der Waals surface area contributed by atoms with Crippen LogP contribution in [0.25, 0.3) is 23.0 Å². The van der Waals surface area contributed by atoms with E-state index in [0.717, 1.165) is 33.0 Å². The molecule has 0 aliphatic heterocycles. The summed E-state index contributed by atoms with van der Waals surface area (Å²) < 4.78 is 1.81. The van der Waals surface area contributed by atoms with Crippen LogP contribution in [0, 0.1) is 6.92 Å². The Kier molecular flexibility index (Phi) is 7.25. The third-order valence-corrected chi connectivity index (χ3v) is 6.11. The van der Waals surface area contributed by atoms with Gasteiger partial charge >= 0.3 is 0 Å². The van der Waals surface area contributed by atoms with Crippen LogP contribution in [-0.4, -0.2) is 27.3 Å². The van der Waals surface area contributed by atoms with Crippen LogP contribution in [0.3, 0.4) is 0 Å². The lowest BCUT2D eigenvalue weighted by Gasteiger charge is -2.08. The second kappa shape index (κ2) is 10.7. The van der Waals surface area contributed by atoms with E-state index in [1.165, 1.54) is 17.8 Å². The summed E-state index contributed by atoms with van der Waals surface area (Å²) in [5.74, 6) is -0.555. The summed E-state index contributed by atoms with van der Waals surface area (Å²) in [6.45, 7) is 2.04. The van der Waals surface area contributed by atoms with E-state index in [1.54, 1.807) is 12.1 Å². The number of nitrogens with one attached hydrogen (secondary N) is 1. The predicted octanol–water partition coefficient (Wildman–Crippen LogP) is 5.08. The summed E-state index contributed by atoms with van der Waals surface area (Å²) in [7, 11) is 0. The molecule has 34 heavy (non-hydrogen) atoms. The zero-order chi connectivity index (χ0) is 23.9. The predicted molar refractivity (Wildman–Crippen MR) is 138 cm³/mol. The fourth-order valence-electron chi connectivity index (χ4n) is 3.34. The summed E-state index contributed by atoms with van der Waals surface area (Å²) in [5, 5.41) is 7.67. The Morgan fingerprint density at radius 3 is 2.44 bits per heavy atom. The second-order valence-electron chi connectivity index (χ2n) is 7.65. The molecule has 0 bridgehead atoms. The van der Waals surface area contributed by atoms with Gasteiger partial charge in [0.2, 0.25) is 11.8 Å². The van der Waals surface area contributed by atoms with Gasteiger partial charge in [-0.1, -0.05) is 60.2 Å². The van der Waals surface area contributed by atoms with Gasteiger partial charge in [-0.25, -0.2) is 4.68 Å². The SMILES string of the molecule is Cc1ccc(-c2nn(-c3ccccc3)cc2/C=C/C(=O)Nc2ccccc2SCC(N)=O)cc1. The molecule has 0 spiro atoms. The van der Waals surface area contributed by atoms with Crippen LogP contribution in [-0.2, 0) is 9.59 Å². The Morgan fingerprint density at radius 1 is 1.00 bits per heavy atom. The molecule has 170 valence electrons. The maximum absolute atomic E-state index is 12.7. The van der Waals surface area contributed by atoms with Crippen molar-refractivity contribution in [2.75, 3.05) is 11.1 Å². The van der Waals surface area contributed by atoms with Gasteiger partial charge in [-0.2, -0.15) is 5.10 Å². The summed E-state index contributed by atoms with van der Waals surface area (Å²) in [4.78, 5) is 24.6. The fraction of sp³-hybridized carbons (Fsp3) is 0.0741. The van der Waals surface area contributed by atoms with Crippen LogP contribution in [0.4, 0.5) is 5.69 Å². The van der Waals surface area contributed by atoms with Crippen LogP contribution in [0.2, 0.25) is 0 Å². The normalized spacial score (nSPS) is 11.0. The quantitative estimate of drug-likeness (QED) is 0.279. The number of hydrogen-bond donors (Lipinski definition) is 2. The highest BCUT2D eigenvalue weighted by Gasteiger charge is 2.12. The average molecular weight is 469 g/mol.